The van der Waals surface area contributed by atoms with E-state index in [2.05, 4.69) is 5.32 Å². The molecule has 1 N–H and O–H groups in total. The number of hydrogen-bond acceptors (Lipinski definition) is 5. The second-order valence-electron chi connectivity index (χ2n) is 3.85. The molecule has 1 atom stereocenters. The average Bonchev–Trinajstić information content (AvgIpc) is 2.20. The van der Waals surface area contributed by atoms with Crippen molar-refractivity contribution in [3.8, 4) is 0 Å². The fourth-order valence-electron chi connectivity index (χ4n) is 1.29. The van der Waals surface area contributed by atoms with Gasteiger partial charge in [-0.25, -0.2) is 0 Å². The molecule has 0 radical (unpaired) electrons. The van der Waals surface area contributed by atoms with E-state index in [1.54, 1.807) is 14.0 Å². The molecule has 15 heavy (non-hydrogen) atoms. The van der Waals surface area contributed by atoms with Gasteiger partial charge in [-0.15, -0.1) is 0 Å². The number of carbonyl (C=O) groups excluding carboxylic acids is 1. The van der Waals surface area contributed by atoms with Crippen molar-refractivity contribution >= 4 is 5.97 Å². The molecule has 0 aromatic carbocycles. The molecule has 0 aliphatic carbocycles. The summed E-state index contributed by atoms with van der Waals surface area (Å²) in [6, 6.07) is 0. The smallest absolute Gasteiger partial charge is 0.325 e. The van der Waals surface area contributed by atoms with Gasteiger partial charge in [-0.2, -0.15) is 0 Å². The van der Waals surface area contributed by atoms with Crippen molar-refractivity contribution in [2.75, 3.05) is 34.0 Å². The van der Waals surface area contributed by atoms with Crippen molar-refractivity contribution in [3.63, 3.8) is 0 Å². The Kier molecular flexibility index (Phi) is 4.50. The van der Waals surface area contributed by atoms with Crippen molar-refractivity contribution in [1.82, 2.24) is 5.32 Å². The molecule has 0 saturated carbocycles. The maximum atomic E-state index is 11.5. The third-order valence-corrected chi connectivity index (χ3v) is 2.75. The maximum Gasteiger partial charge on any atom is 0.325 e. The van der Waals surface area contributed by atoms with E-state index in [4.69, 9.17) is 14.2 Å². The van der Waals surface area contributed by atoms with Crippen LogP contribution in [-0.4, -0.2) is 51.6 Å². The van der Waals surface area contributed by atoms with Gasteiger partial charge in [0.1, 0.15) is 11.6 Å². The summed E-state index contributed by atoms with van der Waals surface area (Å²) in [5.41, 5.74) is -0.667. The van der Waals surface area contributed by atoms with Crippen molar-refractivity contribution < 1.29 is 19.0 Å². The van der Waals surface area contributed by atoms with E-state index >= 15 is 0 Å². The zero-order valence-electron chi connectivity index (χ0n) is 9.54. The lowest BCUT2D eigenvalue weighted by Crippen LogP contribution is -2.49. The minimum Gasteiger partial charge on any atom is -0.468 e. The van der Waals surface area contributed by atoms with E-state index in [9.17, 15) is 4.79 Å². The van der Waals surface area contributed by atoms with E-state index < -0.39 is 5.54 Å². The van der Waals surface area contributed by atoms with Crippen LogP contribution in [0.2, 0.25) is 0 Å². The van der Waals surface area contributed by atoms with Crippen LogP contribution in [0.5, 0.6) is 0 Å². The van der Waals surface area contributed by atoms with Gasteiger partial charge < -0.3 is 19.5 Å². The fourth-order valence-corrected chi connectivity index (χ4v) is 1.29. The van der Waals surface area contributed by atoms with Crippen molar-refractivity contribution in [2.45, 2.75) is 25.0 Å². The minimum absolute atomic E-state index is 0.198. The Labute approximate surface area is 90.1 Å². The summed E-state index contributed by atoms with van der Waals surface area (Å²) in [7, 11) is 3.13. The fraction of sp³-hybridized carbons (Fsp3) is 0.900. The number of esters is 1. The zero-order valence-corrected chi connectivity index (χ0v) is 9.54. The van der Waals surface area contributed by atoms with E-state index in [1.165, 1.54) is 7.11 Å². The molecule has 1 aliphatic heterocycles. The average molecular weight is 217 g/mol. The Bertz CT molecular complexity index is 217. The third kappa shape index (κ3) is 3.15. The van der Waals surface area contributed by atoms with Gasteiger partial charge in [-0.3, -0.25) is 4.79 Å². The first-order chi connectivity index (χ1) is 7.12. The van der Waals surface area contributed by atoms with Gasteiger partial charge in [-0.05, 0) is 20.4 Å². The first-order valence-electron chi connectivity index (χ1n) is 5.09. The van der Waals surface area contributed by atoms with Crippen molar-refractivity contribution in [3.05, 3.63) is 0 Å². The van der Waals surface area contributed by atoms with Crippen LogP contribution < -0.4 is 5.32 Å². The summed E-state index contributed by atoms with van der Waals surface area (Å²) in [6.45, 7) is 3.66. The molecular formula is C10H19NO4. The minimum atomic E-state index is -0.667. The lowest BCUT2D eigenvalue weighted by atomic mass is 9.99. The number of rotatable bonds is 6. The van der Waals surface area contributed by atoms with Gasteiger partial charge >= 0.3 is 5.97 Å². The summed E-state index contributed by atoms with van der Waals surface area (Å²) in [4.78, 5) is 11.5. The Morgan fingerprint density at radius 2 is 2.27 bits per heavy atom. The van der Waals surface area contributed by atoms with Crippen LogP contribution in [0.15, 0.2) is 0 Å². The molecule has 1 heterocycles. The number of methoxy groups -OCH3 is 1. The number of hydrogen-bond donors (Lipinski definition) is 1. The molecule has 0 spiro atoms. The Balaban J connectivity index is 2.28. The second kappa shape index (κ2) is 5.44. The second-order valence-corrected chi connectivity index (χ2v) is 3.85. The topological polar surface area (TPSA) is 56.8 Å². The molecule has 0 bridgehead atoms. The molecule has 88 valence electrons. The van der Waals surface area contributed by atoms with Gasteiger partial charge in [0.2, 0.25) is 0 Å². The van der Waals surface area contributed by atoms with Crippen LogP contribution in [0.4, 0.5) is 0 Å². The quantitative estimate of drug-likeness (QED) is 0.632. The summed E-state index contributed by atoms with van der Waals surface area (Å²) in [5, 5.41) is 2.95. The first kappa shape index (κ1) is 12.4. The van der Waals surface area contributed by atoms with Crippen LogP contribution in [0, 0.1) is 0 Å². The van der Waals surface area contributed by atoms with Crippen LogP contribution in [0.3, 0.4) is 0 Å². The van der Waals surface area contributed by atoms with E-state index in [-0.39, 0.29) is 12.1 Å². The molecular weight excluding hydrogens is 198 g/mol. The van der Waals surface area contributed by atoms with Crippen LogP contribution in [-0.2, 0) is 19.0 Å². The molecule has 5 heteroatoms. The molecule has 1 rings (SSSR count). The van der Waals surface area contributed by atoms with Gasteiger partial charge in [0.15, 0.2) is 0 Å². The van der Waals surface area contributed by atoms with Crippen LogP contribution >= 0.6 is 0 Å². The number of ether oxygens (including phenoxy) is 3. The molecule has 0 aromatic rings. The standard InChI is InChI=1S/C10H19NO4/c1-10(11-2,9(12)13-3)4-5-15-8-6-14-7-8/h8,11H,4-7H2,1-3H3. The molecule has 1 fully saturated rings. The Hall–Kier alpha value is -0.650. The van der Waals surface area contributed by atoms with E-state index in [0.717, 1.165) is 0 Å². The number of likely N-dealkylation sites (N-methyl/N-ethyl adjacent to an activating group) is 1. The van der Waals surface area contributed by atoms with Crippen molar-refractivity contribution in [2.24, 2.45) is 0 Å². The zero-order chi connectivity index (χ0) is 11.3. The third-order valence-electron chi connectivity index (χ3n) is 2.75. The van der Waals surface area contributed by atoms with Crippen molar-refractivity contribution in [1.29, 1.82) is 0 Å². The number of nitrogens with one attached hydrogen (secondary N) is 1. The Morgan fingerprint density at radius 3 is 2.67 bits per heavy atom. The Morgan fingerprint density at radius 1 is 1.60 bits per heavy atom. The molecule has 1 saturated heterocycles. The predicted molar refractivity (Wildman–Crippen MR) is 54.7 cm³/mol. The molecule has 0 aromatic heterocycles. The summed E-state index contributed by atoms with van der Waals surface area (Å²) in [5.74, 6) is -0.265. The maximum absolute atomic E-state index is 11.5. The molecule has 1 unspecified atom stereocenters. The van der Waals surface area contributed by atoms with Gasteiger partial charge in [-0.1, -0.05) is 0 Å². The first-order valence-corrected chi connectivity index (χ1v) is 5.09. The summed E-state index contributed by atoms with van der Waals surface area (Å²) < 4.78 is 15.2. The largest absolute Gasteiger partial charge is 0.468 e. The highest BCUT2D eigenvalue weighted by Crippen LogP contribution is 2.13. The highest BCUT2D eigenvalue weighted by molar-refractivity contribution is 5.80. The van der Waals surface area contributed by atoms with E-state index in [1.807, 2.05) is 0 Å². The van der Waals surface area contributed by atoms with Gasteiger partial charge in [0, 0.05) is 6.61 Å². The molecule has 1 aliphatic rings. The molecule has 5 nitrogen and oxygen atoms in total. The van der Waals surface area contributed by atoms with E-state index in [0.29, 0.717) is 26.2 Å². The van der Waals surface area contributed by atoms with Crippen LogP contribution in [0.1, 0.15) is 13.3 Å². The van der Waals surface area contributed by atoms with Crippen LogP contribution in [0.25, 0.3) is 0 Å². The highest BCUT2D eigenvalue weighted by Gasteiger charge is 2.32. The monoisotopic (exact) mass is 217 g/mol. The van der Waals surface area contributed by atoms with Gasteiger partial charge in [0.05, 0.1) is 20.3 Å². The predicted octanol–water partition coefficient (Wildman–Crippen LogP) is -0.0570. The summed E-state index contributed by atoms with van der Waals surface area (Å²) >= 11 is 0. The highest BCUT2D eigenvalue weighted by atomic mass is 16.6. The summed E-state index contributed by atoms with van der Waals surface area (Å²) in [6.07, 6.45) is 0.788. The SMILES string of the molecule is CNC(C)(CCOC1COC1)C(=O)OC. The lowest BCUT2D eigenvalue weighted by molar-refractivity contribution is -0.152. The number of carbonyl (C=O) groups is 1. The van der Waals surface area contributed by atoms with Gasteiger partial charge in [0.25, 0.3) is 0 Å². The normalized spacial score (nSPS) is 20.5. The lowest BCUT2D eigenvalue weighted by Gasteiger charge is -2.29. The molecule has 0 amide bonds.